The van der Waals surface area contributed by atoms with E-state index in [0.717, 1.165) is 0 Å². The van der Waals surface area contributed by atoms with Gasteiger partial charge in [0.1, 0.15) is 12.4 Å². The van der Waals surface area contributed by atoms with Crippen molar-refractivity contribution < 1.29 is 13.9 Å². The number of rotatable bonds is 5. The van der Waals surface area contributed by atoms with Gasteiger partial charge in [-0.25, -0.2) is 9.18 Å². The number of primary amides is 1. The fourth-order valence-corrected chi connectivity index (χ4v) is 1.27. The second-order valence-corrected chi connectivity index (χ2v) is 3.52. The van der Waals surface area contributed by atoms with E-state index >= 15 is 0 Å². The van der Waals surface area contributed by atoms with E-state index < -0.39 is 6.09 Å². The van der Waals surface area contributed by atoms with Crippen LogP contribution in [0.5, 0.6) is 0 Å². The Kier molecular flexibility index (Phi) is 5.01. The molecule has 6 heteroatoms. The van der Waals surface area contributed by atoms with Gasteiger partial charge in [0.2, 0.25) is 0 Å². The summed E-state index contributed by atoms with van der Waals surface area (Å²) in [4.78, 5) is 10.2. The lowest BCUT2D eigenvalue weighted by Gasteiger charge is -2.06. The number of halogens is 2. The highest BCUT2D eigenvalue weighted by molar-refractivity contribution is 6.30. The van der Waals surface area contributed by atoms with Crippen LogP contribution in [0.2, 0.25) is 5.02 Å². The van der Waals surface area contributed by atoms with Crippen LogP contribution in [0.1, 0.15) is 5.56 Å². The lowest BCUT2D eigenvalue weighted by Crippen LogP contribution is -2.23. The van der Waals surface area contributed by atoms with E-state index in [0.29, 0.717) is 23.7 Å². The predicted octanol–water partition coefficient (Wildman–Crippen LogP) is 1.66. The number of nitrogens with two attached hydrogens (primary N) is 1. The van der Waals surface area contributed by atoms with Gasteiger partial charge >= 0.3 is 6.09 Å². The van der Waals surface area contributed by atoms with Crippen molar-refractivity contribution in [3.63, 3.8) is 0 Å². The van der Waals surface area contributed by atoms with Gasteiger partial charge < -0.3 is 15.8 Å². The summed E-state index contributed by atoms with van der Waals surface area (Å²) in [5, 5.41) is 3.26. The van der Waals surface area contributed by atoms with Crippen molar-refractivity contribution >= 4 is 17.7 Å². The molecule has 4 nitrogen and oxygen atoms in total. The average Bonchev–Trinajstić information content (AvgIpc) is 2.20. The quantitative estimate of drug-likeness (QED) is 0.777. The average molecular weight is 247 g/mol. The molecule has 0 spiro atoms. The molecule has 1 amide bonds. The highest BCUT2D eigenvalue weighted by Gasteiger charge is 2.02. The van der Waals surface area contributed by atoms with Crippen LogP contribution < -0.4 is 11.1 Å². The molecule has 16 heavy (non-hydrogen) atoms. The fourth-order valence-electron chi connectivity index (χ4n) is 1.11. The molecule has 0 unspecified atom stereocenters. The molecular weight excluding hydrogens is 235 g/mol. The minimum atomic E-state index is -0.820. The SMILES string of the molecule is NC(=O)OCCNCc1ccc(Cl)cc1F. The number of nitrogens with one attached hydrogen (secondary N) is 1. The van der Waals surface area contributed by atoms with E-state index in [1.54, 1.807) is 12.1 Å². The molecular formula is C10H12ClFN2O2. The van der Waals surface area contributed by atoms with Crippen molar-refractivity contribution in [2.24, 2.45) is 5.73 Å². The molecule has 0 saturated carbocycles. The summed E-state index contributed by atoms with van der Waals surface area (Å²) in [5.74, 6) is -0.365. The molecule has 3 N–H and O–H groups in total. The van der Waals surface area contributed by atoms with Crippen LogP contribution in [0.15, 0.2) is 18.2 Å². The first-order valence-corrected chi connectivity index (χ1v) is 5.04. The Labute approximate surface area is 97.5 Å². The molecule has 0 bridgehead atoms. The molecule has 0 heterocycles. The molecule has 1 aromatic rings. The zero-order valence-corrected chi connectivity index (χ0v) is 9.26. The summed E-state index contributed by atoms with van der Waals surface area (Å²) >= 11 is 5.60. The summed E-state index contributed by atoms with van der Waals surface area (Å²) in [6, 6.07) is 4.46. The van der Waals surface area contributed by atoms with Gasteiger partial charge in [-0.05, 0) is 12.1 Å². The van der Waals surface area contributed by atoms with Crippen LogP contribution >= 0.6 is 11.6 Å². The van der Waals surface area contributed by atoms with E-state index in [2.05, 4.69) is 10.1 Å². The summed E-state index contributed by atoms with van der Waals surface area (Å²) < 4.78 is 17.7. The van der Waals surface area contributed by atoms with Gasteiger partial charge in [-0.2, -0.15) is 0 Å². The fraction of sp³-hybridized carbons (Fsp3) is 0.300. The van der Waals surface area contributed by atoms with Gasteiger partial charge in [-0.3, -0.25) is 0 Å². The smallest absolute Gasteiger partial charge is 0.404 e. The van der Waals surface area contributed by atoms with Gasteiger partial charge in [-0.15, -0.1) is 0 Å². The largest absolute Gasteiger partial charge is 0.448 e. The molecule has 0 aromatic heterocycles. The van der Waals surface area contributed by atoms with E-state index in [4.69, 9.17) is 17.3 Å². The van der Waals surface area contributed by atoms with E-state index in [-0.39, 0.29) is 12.4 Å². The minimum absolute atomic E-state index is 0.157. The summed E-state index contributed by atoms with van der Waals surface area (Å²) in [5.41, 5.74) is 5.27. The van der Waals surface area contributed by atoms with Crippen molar-refractivity contribution in [2.75, 3.05) is 13.2 Å². The Morgan fingerprint density at radius 1 is 1.56 bits per heavy atom. The van der Waals surface area contributed by atoms with E-state index in [1.165, 1.54) is 6.07 Å². The summed E-state index contributed by atoms with van der Waals surface area (Å²) in [7, 11) is 0. The first-order valence-electron chi connectivity index (χ1n) is 4.66. The number of ether oxygens (including phenoxy) is 1. The van der Waals surface area contributed by atoms with Crippen molar-refractivity contribution in [3.8, 4) is 0 Å². The molecule has 0 aliphatic carbocycles. The standard InChI is InChI=1S/C10H12ClFN2O2/c11-8-2-1-7(9(12)5-8)6-14-3-4-16-10(13)15/h1-2,5,14H,3-4,6H2,(H2,13,15). The molecule has 0 aliphatic rings. The van der Waals surface area contributed by atoms with Crippen LogP contribution in [0.4, 0.5) is 9.18 Å². The Bertz CT molecular complexity index is 374. The second kappa shape index (κ2) is 6.30. The highest BCUT2D eigenvalue weighted by atomic mass is 35.5. The molecule has 0 aliphatic heterocycles. The molecule has 1 rings (SSSR count). The molecule has 1 aromatic carbocycles. The Morgan fingerprint density at radius 3 is 2.94 bits per heavy atom. The number of hydrogen-bond acceptors (Lipinski definition) is 3. The van der Waals surface area contributed by atoms with E-state index in [9.17, 15) is 9.18 Å². The van der Waals surface area contributed by atoms with Gasteiger partial charge in [0, 0.05) is 23.7 Å². The van der Waals surface area contributed by atoms with Gasteiger partial charge in [-0.1, -0.05) is 17.7 Å². The number of benzene rings is 1. The first-order chi connectivity index (χ1) is 7.59. The zero-order valence-electron chi connectivity index (χ0n) is 8.50. The number of amides is 1. The summed E-state index contributed by atoms with van der Waals surface area (Å²) in [6.45, 7) is 0.903. The zero-order chi connectivity index (χ0) is 12.0. The third-order valence-corrected chi connectivity index (χ3v) is 2.09. The van der Waals surface area contributed by atoms with Crippen molar-refractivity contribution in [1.82, 2.24) is 5.32 Å². The van der Waals surface area contributed by atoms with Crippen LogP contribution in [0.3, 0.4) is 0 Å². The van der Waals surface area contributed by atoms with Crippen LogP contribution in [-0.4, -0.2) is 19.2 Å². The lowest BCUT2D eigenvalue weighted by molar-refractivity contribution is 0.157. The number of carbonyl (C=O) groups is 1. The first kappa shape index (κ1) is 12.7. The van der Waals surface area contributed by atoms with Crippen molar-refractivity contribution in [3.05, 3.63) is 34.6 Å². The third kappa shape index (κ3) is 4.46. The van der Waals surface area contributed by atoms with Gasteiger partial charge in [0.15, 0.2) is 0 Å². The van der Waals surface area contributed by atoms with Crippen LogP contribution in [0.25, 0.3) is 0 Å². The van der Waals surface area contributed by atoms with Gasteiger partial charge in [0.05, 0.1) is 0 Å². The lowest BCUT2D eigenvalue weighted by atomic mass is 10.2. The second-order valence-electron chi connectivity index (χ2n) is 3.08. The number of carbonyl (C=O) groups excluding carboxylic acids is 1. The Balaban J connectivity index is 2.29. The maximum absolute atomic E-state index is 13.3. The molecule has 0 saturated heterocycles. The van der Waals surface area contributed by atoms with Gasteiger partial charge in [0.25, 0.3) is 0 Å². The maximum atomic E-state index is 13.3. The third-order valence-electron chi connectivity index (χ3n) is 1.85. The van der Waals surface area contributed by atoms with Crippen molar-refractivity contribution in [1.29, 1.82) is 0 Å². The summed E-state index contributed by atoms with van der Waals surface area (Å²) in [6.07, 6.45) is -0.820. The number of hydrogen-bond donors (Lipinski definition) is 2. The monoisotopic (exact) mass is 246 g/mol. The minimum Gasteiger partial charge on any atom is -0.448 e. The molecule has 0 radical (unpaired) electrons. The Morgan fingerprint density at radius 2 is 2.31 bits per heavy atom. The van der Waals surface area contributed by atoms with Crippen LogP contribution in [-0.2, 0) is 11.3 Å². The topological polar surface area (TPSA) is 64.4 Å². The molecule has 0 fully saturated rings. The normalized spacial score (nSPS) is 10.1. The predicted molar refractivity (Wildman–Crippen MR) is 58.7 cm³/mol. The van der Waals surface area contributed by atoms with Crippen molar-refractivity contribution in [2.45, 2.75) is 6.54 Å². The highest BCUT2D eigenvalue weighted by Crippen LogP contribution is 2.14. The molecule has 88 valence electrons. The maximum Gasteiger partial charge on any atom is 0.404 e. The van der Waals surface area contributed by atoms with E-state index in [1.807, 2.05) is 0 Å². The van der Waals surface area contributed by atoms with Crippen LogP contribution in [0, 0.1) is 5.82 Å². The Hall–Kier alpha value is -1.33. The molecule has 0 atom stereocenters.